The van der Waals surface area contributed by atoms with Gasteiger partial charge in [-0.25, -0.2) is 9.07 Å². The zero-order chi connectivity index (χ0) is 25.9. The highest BCUT2D eigenvalue weighted by molar-refractivity contribution is 5.94. The molecule has 37 heavy (non-hydrogen) atoms. The molecule has 1 aliphatic heterocycles. The van der Waals surface area contributed by atoms with Crippen molar-refractivity contribution in [2.24, 2.45) is 0 Å². The molecular weight excluding hydrogens is 471 g/mol. The van der Waals surface area contributed by atoms with Crippen LogP contribution in [-0.4, -0.2) is 51.5 Å². The van der Waals surface area contributed by atoms with Gasteiger partial charge < -0.3 is 15.0 Å². The minimum absolute atomic E-state index is 0.0569. The normalized spacial score (nSPS) is 13.3. The van der Waals surface area contributed by atoms with E-state index < -0.39 is 5.82 Å². The summed E-state index contributed by atoms with van der Waals surface area (Å²) in [6, 6.07) is 11.7. The van der Waals surface area contributed by atoms with Gasteiger partial charge in [-0.2, -0.15) is 0 Å². The van der Waals surface area contributed by atoms with E-state index in [1.54, 1.807) is 25.4 Å². The van der Waals surface area contributed by atoms with Crippen LogP contribution in [0.4, 0.5) is 4.39 Å². The molecule has 1 N–H and O–H groups in total. The van der Waals surface area contributed by atoms with Gasteiger partial charge in [-0.3, -0.25) is 9.78 Å². The van der Waals surface area contributed by atoms with E-state index in [2.05, 4.69) is 50.8 Å². The van der Waals surface area contributed by atoms with Crippen LogP contribution in [0.1, 0.15) is 43.9 Å². The van der Waals surface area contributed by atoms with E-state index in [9.17, 15) is 4.79 Å². The van der Waals surface area contributed by atoms with E-state index in [-0.39, 0.29) is 23.8 Å². The number of pyridine rings is 1. The van der Waals surface area contributed by atoms with Gasteiger partial charge in [0.25, 0.3) is 5.91 Å². The molecule has 5 rings (SSSR count). The maximum atomic E-state index is 15.2. The van der Waals surface area contributed by atoms with Gasteiger partial charge in [0.05, 0.1) is 30.3 Å². The van der Waals surface area contributed by atoms with E-state index in [4.69, 9.17) is 4.74 Å². The van der Waals surface area contributed by atoms with Gasteiger partial charge >= 0.3 is 0 Å². The fourth-order valence-corrected chi connectivity index (χ4v) is 4.67. The number of hydrogen-bond acceptors (Lipinski definition) is 6. The average Bonchev–Trinajstić information content (AvgIpc) is 3.33. The number of hydrogen-bond donors (Lipinski definition) is 1. The van der Waals surface area contributed by atoms with Crippen molar-refractivity contribution >= 4 is 5.91 Å². The summed E-state index contributed by atoms with van der Waals surface area (Å²) in [7, 11) is 3.53. The molecule has 0 bridgehead atoms. The predicted octanol–water partition coefficient (Wildman–Crippen LogP) is 3.63. The van der Waals surface area contributed by atoms with E-state index in [0.29, 0.717) is 23.4 Å². The molecule has 0 aliphatic carbocycles. The van der Waals surface area contributed by atoms with Crippen LogP contribution >= 0.6 is 0 Å². The van der Waals surface area contributed by atoms with E-state index in [1.807, 2.05) is 6.07 Å². The summed E-state index contributed by atoms with van der Waals surface area (Å²) in [5.74, 6) is -0.813. The molecule has 0 spiro atoms. The Balaban J connectivity index is 1.32. The van der Waals surface area contributed by atoms with Crippen LogP contribution in [0.2, 0.25) is 0 Å². The first kappa shape index (κ1) is 24.6. The van der Waals surface area contributed by atoms with Gasteiger partial charge in [-0.15, -0.1) is 5.10 Å². The lowest BCUT2D eigenvalue weighted by molar-refractivity contribution is 0.0950. The third-order valence-electron chi connectivity index (χ3n) is 6.62. The van der Waals surface area contributed by atoms with Crippen molar-refractivity contribution in [3.8, 4) is 11.4 Å². The number of ether oxygens (including phenoxy) is 1. The summed E-state index contributed by atoms with van der Waals surface area (Å²) in [4.78, 5) is 19.6. The zero-order valence-electron chi connectivity index (χ0n) is 21.2. The van der Waals surface area contributed by atoms with Crippen LogP contribution < -0.4 is 10.1 Å². The standard InChI is InChI=1S/C28H29FN6O2/c1-18-16-35(33-32-18)25-6-7-26(37-3)27(29)24(25)15-31-28(36)22-12-20(13-30-14-22)10-19-4-5-21-8-9-34(2)17-23(21)11-19/h4-7,11-14,16H,8-10,15,17H2,1-3H3,(H,31,36). The fourth-order valence-electron chi connectivity index (χ4n) is 4.67. The molecule has 4 aromatic rings. The first-order valence-electron chi connectivity index (χ1n) is 12.2. The molecule has 3 heterocycles. The Kier molecular flexibility index (Phi) is 6.96. The maximum Gasteiger partial charge on any atom is 0.253 e. The largest absolute Gasteiger partial charge is 0.494 e. The summed E-state index contributed by atoms with van der Waals surface area (Å²) in [6.45, 7) is 3.76. The Bertz CT molecular complexity index is 1450. The van der Waals surface area contributed by atoms with Crippen LogP contribution in [0.5, 0.6) is 5.75 Å². The Labute approximate surface area is 215 Å². The Morgan fingerprint density at radius 2 is 2.00 bits per heavy atom. The molecule has 0 saturated carbocycles. The number of nitrogens with zero attached hydrogens (tertiary/aromatic N) is 5. The summed E-state index contributed by atoms with van der Waals surface area (Å²) in [5, 5.41) is 10.8. The van der Waals surface area contributed by atoms with Crippen molar-refractivity contribution in [2.75, 3.05) is 20.7 Å². The van der Waals surface area contributed by atoms with Crippen molar-refractivity contribution in [3.63, 3.8) is 0 Å². The number of carbonyl (C=O) groups excluding carboxylic acids is 1. The van der Waals surface area contributed by atoms with Gasteiger partial charge in [0, 0.05) is 37.6 Å². The number of aromatic nitrogens is 4. The molecule has 0 atom stereocenters. The molecular formula is C28H29FN6O2. The molecule has 0 radical (unpaired) electrons. The summed E-state index contributed by atoms with van der Waals surface area (Å²) >= 11 is 0. The summed E-state index contributed by atoms with van der Waals surface area (Å²) < 4.78 is 21.8. The Hall–Kier alpha value is -4.11. The highest BCUT2D eigenvalue weighted by Gasteiger charge is 2.18. The van der Waals surface area contributed by atoms with Crippen LogP contribution in [0.15, 0.2) is 55.0 Å². The minimum Gasteiger partial charge on any atom is -0.494 e. The lowest BCUT2D eigenvalue weighted by Gasteiger charge is -2.25. The highest BCUT2D eigenvalue weighted by Crippen LogP contribution is 2.26. The smallest absolute Gasteiger partial charge is 0.253 e. The highest BCUT2D eigenvalue weighted by atomic mass is 19.1. The number of carbonyl (C=O) groups is 1. The quantitative estimate of drug-likeness (QED) is 0.417. The molecule has 2 aromatic heterocycles. The number of likely N-dealkylation sites (N-methyl/N-ethyl adjacent to an activating group) is 1. The van der Waals surface area contributed by atoms with E-state index in [0.717, 1.165) is 25.1 Å². The van der Waals surface area contributed by atoms with Gasteiger partial charge in [0.15, 0.2) is 11.6 Å². The van der Waals surface area contributed by atoms with Crippen LogP contribution in [-0.2, 0) is 25.9 Å². The molecule has 190 valence electrons. The van der Waals surface area contributed by atoms with Crippen LogP contribution in [0.3, 0.4) is 0 Å². The number of amides is 1. The lowest BCUT2D eigenvalue weighted by Crippen LogP contribution is -2.26. The first-order chi connectivity index (χ1) is 17.9. The molecule has 8 nitrogen and oxygen atoms in total. The number of rotatable bonds is 7. The van der Waals surface area contributed by atoms with Gasteiger partial charge in [0.2, 0.25) is 0 Å². The van der Waals surface area contributed by atoms with E-state index in [1.165, 1.54) is 40.7 Å². The molecule has 9 heteroatoms. The SMILES string of the molecule is COc1ccc(-n2cc(C)nn2)c(CNC(=O)c2cncc(Cc3ccc4c(c3)CN(C)CC4)c2)c1F. The molecule has 0 saturated heterocycles. The second-order valence-corrected chi connectivity index (χ2v) is 9.42. The summed E-state index contributed by atoms with van der Waals surface area (Å²) in [6.07, 6.45) is 6.72. The number of methoxy groups -OCH3 is 1. The second-order valence-electron chi connectivity index (χ2n) is 9.42. The van der Waals surface area contributed by atoms with Crippen molar-refractivity contribution in [3.05, 3.63) is 99.9 Å². The number of aryl methyl sites for hydroxylation is 1. The third kappa shape index (κ3) is 5.36. The predicted molar refractivity (Wildman–Crippen MR) is 137 cm³/mol. The molecule has 0 fully saturated rings. The minimum atomic E-state index is -0.557. The van der Waals surface area contributed by atoms with Crippen molar-refractivity contribution in [2.45, 2.75) is 32.9 Å². The fraction of sp³-hybridized carbons (Fsp3) is 0.286. The van der Waals surface area contributed by atoms with Gasteiger partial charge in [-0.1, -0.05) is 23.4 Å². The molecule has 1 amide bonds. The third-order valence-corrected chi connectivity index (χ3v) is 6.62. The zero-order valence-corrected chi connectivity index (χ0v) is 21.2. The monoisotopic (exact) mass is 500 g/mol. The second kappa shape index (κ2) is 10.5. The van der Waals surface area contributed by atoms with Crippen LogP contribution in [0, 0.1) is 12.7 Å². The van der Waals surface area contributed by atoms with Gasteiger partial charge in [-0.05, 0) is 67.3 Å². The Morgan fingerprint density at radius 3 is 2.78 bits per heavy atom. The molecule has 2 aromatic carbocycles. The van der Waals surface area contributed by atoms with Crippen LogP contribution in [0.25, 0.3) is 5.69 Å². The first-order valence-corrected chi connectivity index (χ1v) is 12.2. The van der Waals surface area contributed by atoms with Crippen molar-refractivity contribution in [1.29, 1.82) is 0 Å². The van der Waals surface area contributed by atoms with E-state index >= 15 is 4.39 Å². The maximum absolute atomic E-state index is 15.2. The van der Waals surface area contributed by atoms with Crippen molar-refractivity contribution < 1.29 is 13.9 Å². The topological polar surface area (TPSA) is 85.2 Å². The number of nitrogens with one attached hydrogen (secondary N) is 1. The molecule has 0 unspecified atom stereocenters. The average molecular weight is 501 g/mol. The lowest BCUT2D eigenvalue weighted by atomic mass is 9.95. The number of benzene rings is 2. The number of halogens is 1. The summed E-state index contributed by atoms with van der Waals surface area (Å²) in [5.41, 5.74) is 6.70. The number of fused-ring (bicyclic) bond motifs is 1. The van der Waals surface area contributed by atoms with Gasteiger partial charge in [0.1, 0.15) is 0 Å². The van der Waals surface area contributed by atoms with Crippen molar-refractivity contribution in [1.82, 2.24) is 30.2 Å². The molecule has 1 aliphatic rings. The Morgan fingerprint density at radius 1 is 1.14 bits per heavy atom.